The molecule has 0 unspecified atom stereocenters. The van der Waals surface area contributed by atoms with Crippen LogP contribution >= 0.6 is 0 Å². The second-order valence-electron chi connectivity index (χ2n) is 6.66. The zero-order valence-electron chi connectivity index (χ0n) is 15.3. The van der Waals surface area contributed by atoms with E-state index in [1.807, 2.05) is 4.90 Å². The number of benzene rings is 2. The number of amides is 1. The van der Waals surface area contributed by atoms with E-state index in [0.717, 1.165) is 38.1 Å². The van der Waals surface area contributed by atoms with Crippen LogP contribution in [0.5, 0.6) is 0 Å². The summed E-state index contributed by atoms with van der Waals surface area (Å²) in [6.45, 7) is 3.32. The Kier molecular flexibility index (Phi) is 5.83. The maximum Gasteiger partial charge on any atom is 0.261 e. The molecular formula is C19H21F2N3O3S. The minimum atomic E-state index is -4.05. The minimum absolute atomic E-state index is 0.0283. The number of likely N-dealkylation sites (tertiary alicyclic amines) is 1. The van der Waals surface area contributed by atoms with E-state index in [0.29, 0.717) is 11.8 Å². The number of halogens is 2. The van der Waals surface area contributed by atoms with Crippen LogP contribution in [-0.4, -0.2) is 38.4 Å². The van der Waals surface area contributed by atoms with Crippen LogP contribution in [0.25, 0.3) is 0 Å². The lowest BCUT2D eigenvalue weighted by Gasteiger charge is -2.22. The highest BCUT2D eigenvalue weighted by Crippen LogP contribution is 2.21. The largest absolute Gasteiger partial charge is 0.374 e. The van der Waals surface area contributed by atoms with E-state index in [1.165, 1.54) is 12.1 Å². The molecule has 0 bridgehead atoms. The van der Waals surface area contributed by atoms with Gasteiger partial charge in [-0.05, 0) is 62.2 Å². The van der Waals surface area contributed by atoms with Crippen LogP contribution < -0.4 is 10.0 Å². The number of anilines is 2. The summed E-state index contributed by atoms with van der Waals surface area (Å²) in [7, 11) is -4.05. The molecule has 1 aliphatic heterocycles. The monoisotopic (exact) mass is 409 g/mol. The van der Waals surface area contributed by atoms with Gasteiger partial charge >= 0.3 is 0 Å². The zero-order chi connectivity index (χ0) is 20.3. The quantitative estimate of drug-likeness (QED) is 0.768. The molecule has 9 heteroatoms. The van der Waals surface area contributed by atoms with Crippen molar-refractivity contribution in [2.75, 3.05) is 23.1 Å². The average molecular weight is 409 g/mol. The molecule has 1 heterocycles. The van der Waals surface area contributed by atoms with Crippen molar-refractivity contribution in [1.82, 2.24) is 4.90 Å². The molecular weight excluding hydrogens is 388 g/mol. The summed E-state index contributed by atoms with van der Waals surface area (Å²) < 4.78 is 53.2. The SMILES string of the molecule is C[C@H](Nc1ccc(NS(=O)(=O)c2ccc(F)c(F)c2)cc1)C(=O)N1CCCC1. The molecule has 1 saturated heterocycles. The highest BCUT2D eigenvalue weighted by Gasteiger charge is 2.23. The molecule has 3 rings (SSSR count). The van der Waals surface area contributed by atoms with E-state index in [9.17, 15) is 22.0 Å². The van der Waals surface area contributed by atoms with Gasteiger partial charge in [0.25, 0.3) is 10.0 Å². The molecule has 6 nitrogen and oxygen atoms in total. The van der Waals surface area contributed by atoms with E-state index in [-0.39, 0.29) is 16.5 Å². The first-order valence-corrected chi connectivity index (χ1v) is 10.4. The van der Waals surface area contributed by atoms with Gasteiger partial charge in [-0.15, -0.1) is 0 Å². The van der Waals surface area contributed by atoms with Crippen LogP contribution in [-0.2, 0) is 14.8 Å². The van der Waals surface area contributed by atoms with Gasteiger partial charge in [-0.25, -0.2) is 17.2 Å². The van der Waals surface area contributed by atoms with Crippen molar-refractivity contribution in [1.29, 1.82) is 0 Å². The van der Waals surface area contributed by atoms with E-state index in [1.54, 1.807) is 19.1 Å². The molecule has 150 valence electrons. The Balaban J connectivity index is 1.65. The van der Waals surface area contributed by atoms with Crippen molar-refractivity contribution >= 4 is 27.3 Å². The Bertz CT molecular complexity index is 959. The number of sulfonamides is 1. The van der Waals surface area contributed by atoms with Crippen molar-refractivity contribution in [3.63, 3.8) is 0 Å². The molecule has 0 saturated carbocycles. The van der Waals surface area contributed by atoms with E-state index >= 15 is 0 Å². The maximum atomic E-state index is 13.3. The molecule has 0 aliphatic carbocycles. The topological polar surface area (TPSA) is 78.5 Å². The number of carbonyl (C=O) groups is 1. The second-order valence-corrected chi connectivity index (χ2v) is 8.34. The Morgan fingerprint density at radius 3 is 2.21 bits per heavy atom. The van der Waals surface area contributed by atoms with Crippen molar-refractivity contribution in [2.45, 2.75) is 30.7 Å². The van der Waals surface area contributed by atoms with E-state index in [2.05, 4.69) is 10.0 Å². The lowest BCUT2D eigenvalue weighted by molar-refractivity contribution is -0.130. The third-order valence-electron chi connectivity index (χ3n) is 4.51. The predicted molar refractivity (Wildman–Crippen MR) is 103 cm³/mol. The van der Waals surface area contributed by atoms with Gasteiger partial charge in [0.1, 0.15) is 6.04 Å². The van der Waals surface area contributed by atoms with Crippen LogP contribution in [0, 0.1) is 11.6 Å². The number of nitrogens with zero attached hydrogens (tertiary/aromatic N) is 1. The smallest absolute Gasteiger partial charge is 0.261 e. The van der Waals surface area contributed by atoms with Crippen molar-refractivity contribution in [2.24, 2.45) is 0 Å². The Labute approximate surface area is 162 Å². The van der Waals surface area contributed by atoms with Gasteiger partial charge in [0.05, 0.1) is 4.90 Å². The van der Waals surface area contributed by atoms with Crippen LogP contribution in [0.15, 0.2) is 47.4 Å². The molecule has 28 heavy (non-hydrogen) atoms. The summed E-state index contributed by atoms with van der Waals surface area (Å²) in [4.78, 5) is 13.8. The van der Waals surface area contributed by atoms with Crippen molar-refractivity contribution < 1.29 is 22.0 Å². The second kappa shape index (κ2) is 8.14. The van der Waals surface area contributed by atoms with Gasteiger partial charge in [-0.1, -0.05) is 0 Å². The first kappa shape index (κ1) is 20.1. The summed E-state index contributed by atoms with van der Waals surface area (Å²) in [6, 6.07) is 8.28. The molecule has 1 fully saturated rings. The van der Waals surface area contributed by atoms with Crippen LogP contribution in [0.1, 0.15) is 19.8 Å². The van der Waals surface area contributed by atoms with Crippen molar-refractivity contribution in [3.05, 3.63) is 54.1 Å². The van der Waals surface area contributed by atoms with E-state index in [4.69, 9.17) is 0 Å². The summed E-state index contributed by atoms with van der Waals surface area (Å²) in [5, 5.41) is 3.09. The number of rotatable bonds is 6. The molecule has 2 N–H and O–H groups in total. The molecule has 0 radical (unpaired) electrons. The van der Waals surface area contributed by atoms with Crippen LogP contribution in [0.3, 0.4) is 0 Å². The van der Waals surface area contributed by atoms with E-state index < -0.39 is 27.7 Å². The lowest BCUT2D eigenvalue weighted by Crippen LogP contribution is -2.39. The van der Waals surface area contributed by atoms with Gasteiger partial charge in [0, 0.05) is 24.5 Å². The lowest BCUT2D eigenvalue weighted by atomic mass is 10.2. The van der Waals surface area contributed by atoms with Crippen LogP contribution in [0.2, 0.25) is 0 Å². The Morgan fingerprint density at radius 1 is 1.00 bits per heavy atom. The normalized spacial score (nSPS) is 15.3. The predicted octanol–water partition coefficient (Wildman–Crippen LogP) is 3.19. The van der Waals surface area contributed by atoms with Gasteiger partial charge in [-0.2, -0.15) is 0 Å². The van der Waals surface area contributed by atoms with Crippen LogP contribution in [0.4, 0.5) is 20.2 Å². The standard InChI is InChI=1S/C19H21F2N3O3S/c1-13(19(25)24-10-2-3-11-24)22-14-4-6-15(7-5-14)23-28(26,27)16-8-9-17(20)18(21)12-16/h4-9,12-13,22-23H,2-3,10-11H2,1H3/t13-/m0/s1. The molecule has 2 aromatic rings. The fourth-order valence-corrected chi connectivity index (χ4v) is 4.09. The summed E-state index contributed by atoms with van der Waals surface area (Å²) in [6.07, 6.45) is 2.04. The Hall–Kier alpha value is -2.68. The van der Waals surface area contributed by atoms with Crippen molar-refractivity contribution in [3.8, 4) is 0 Å². The zero-order valence-corrected chi connectivity index (χ0v) is 16.1. The Morgan fingerprint density at radius 2 is 1.61 bits per heavy atom. The number of carbonyl (C=O) groups excluding carboxylic acids is 1. The third kappa shape index (κ3) is 4.59. The first-order chi connectivity index (χ1) is 13.3. The van der Waals surface area contributed by atoms with Gasteiger partial charge in [-0.3, -0.25) is 9.52 Å². The van der Waals surface area contributed by atoms with Gasteiger partial charge < -0.3 is 10.2 Å². The highest BCUT2D eigenvalue weighted by molar-refractivity contribution is 7.92. The molecule has 1 aliphatic rings. The fourth-order valence-electron chi connectivity index (χ4n) is 3.02. The summed E-state index contributed by atoms with van der Waals surface area (Å²) in [5.74, 6) is -2.33. The van der Waals surface area contributed by atoms with Gasteiger partial charge in [0.15, 0.2) is 11.6 Å². The molecule has 1 atom stereocenters. The third-order valence-corrected chi connectivity index (χ3v) is 5.89. The minimum Gasteiger partial charge on any atom is -0.374 e. The molecule has 2 aromatic carbocycles. The van der Waals surface area contributed by atoms with Gasteiger partial charge in [0.2, 0.25) is 5.91 Å². The number of hydrogen-bond acceptors (Lipinski definition) is 4. The average Bonchev–Trinajstić information content (AvgIpc) is 3.19. The summed E-state index contributed by atoms with van der Waals surface area (Å²) >= 11 is 0. The number of hydrogen-bond donors (Lipinski definition) is 2. The summed E-state index contributed by atoms with van der Waals surface area (Å²) in [5.41, 5.74) is 0.921. The molecule has 1 amide bonds. The maximum absolute atomic E-state index is 13.3. The molecule has 0 aromatic heterocycles. The molecule has 0 spiro atoms. The number of nitrogens with one attached hydrogen (secondary N) is 2. The highest BCUT2D eigenvalue weighted by atomic mass is 32.2. The fraction of sp³-hybridized carbons (Fsp3) is 0.316. The first-order valence-electron chi connectivity index (χ1n) is 8.89.